The van der Waals surface area contributed by atoms with Crippen LogP contribution in [-0.2, 0) is 5.41 Å². The molecule has 0 spiro atoms. The molecule has 0 aliphatic heterocycles. The molecule has 3 atom stereocenters. The smallest absolute Gasteiger partial charge is 0.406 e. The highest BCUT2D eigenvalue weighted by Gasteiger charge is 2.62. The predicted octanol–water partition coefficient (Wildman–Crippen LogP) is 5.91. The summed E-state index contributed by atoms with van der Waals surface area (Å²) in [6.45, 7) is 0. The van der Waals surface area contributed by atoms with Crippen molar-refractivity contribution in [2.75, 3.05) is 5.32 Å². The summed E-state index contributed by atoms with van der Waals surface area (Å²) in [5.41, 5.74) is 1.83. The maximum atomic E-state index is 13.3. The van der Waals surface area contributed by atoms with Gasteiger partial charge in [0.15, 0.2) is 0 Å². The first kappa shape index (κ1) is 17.5. The molecular formula is C19H16ClF4NO. The Hall–Kier alpha value is -1.95. The first-order chi connectivity index (χ1) is 12.3. The molecular weight excluding hydrogens is 370 g/mol. The average Bonchev–Trinajstić information content (AvgIpc) is 3.21. The number of nitrogens with one attached hydrogen (secondary N) is 1. The fourth-order valence-electron chi connectivity index (χ4n) is 4.20. The van der Waals surface area contributed by atoms with Crippen molar-refractivity contribution in [1.29, 1.82) is 0 Å². The number of halogens is 5. The zero-order valence-electron chi connectivity index (χ0n) is 13.6. The third-order valence-corrected chi connectivity index (χ3v) is 5.75. The molecule has 138 valence electrons. The van der Waals surface area contributed by atoms with E-state index in [9.17, 15) is 17.6 Å². The number of rotatable bonds is 4. The summed E-state index contributed by atoms with van der Waals surface area (Å²) < 4.78 is 54.0. The summed E-state index contributed by atoms with van der Waals surface area (Å²) in [7, 11) is 0. The number of hydrogen-bond acceptors (Lipinski definition) is 2. The molecule has 0 amide bonds. The zero-order chi connectivity index (χ0) is 18.5. The van der Waals surface area contributed by atoms with Crippen molar-refractivity contribution in [3.8, 4) is 5.75 Å². The molecule has 2 saturated carbocycles. The van der Waals surface area contributed by atoms with Crippen LogP contribution in [-0.4, -0.2) is 12.4 Å². The number of hydrogen-bond donors (Lipinski definition) is 1. The zero-order valence-corrected chi connectivity index (χ0v) is 14.4. The van der Waals surface area contributed by atoms with Crippen molar-refractivity contribution >= 4 is 17.3 Å². The number of alkyl halides is 3. The average molecular weight is 386 g/mol. The maximum absolute atomic E-state index is 13.3. The van der Waals surface area contributed by atoms with Crippen molar-refractivity contribution < 1.29 is 22.3 Å². The molecule has 0 heterocycles. The van der Waals surface area contributed by atoms with Crippen LogP contribution >= 0.6 is 11.6 Å². The molecule has 3 unspecified atom stereocenters. The van der Waals surface area contributed by atoms with Gasteiger partial charge in [0.1, 0.15) is 11.6 Å². The van der Waals surface area contributed by atoms with E-state index >= 15 is 0 Å². The molecule has 0 saturated heterocycles. The second-order valence-electron chi connectivity index (χ2n) is 6.96. The normalized spacial score (nSPS) is 27.1. The predicted molar refractivity (Wildman–Crippen MR) is 91.0 cm³/mol. The molecule has 2 fully saturated rings. The van der Waals surface area contributed by atoms with Crippen molar-refractivity contribution in [2.45, 2.75) is 37.1 Å². The number of fused-ring (bicyclic) bond motifs is 1. The summed E-state index contributed by atoms with van der Waals surface area (Å²) in [5.74, 6) is -0.255. The van der Waals surface area contributed by atoms with Crippen molar-refractivity contribution in [3.05, 3.63) is 58.9 Å². The van der Waals surface area contributed by atoms with Crippen LogP contribution in [0, 0.1) is 11.7 Å². The third-order valence-electron chi connectivity index (χ3n) is 5.46. The Kier molecular flexibility index (Phi) is 4.06. The molecule has 4 rings (SSSR count). The Morgan fingerprint density at radius 2 is 1.85 bits per heavy atom. The molecule has 2 aliphatic carbocycles. The van der Waals surface area contributed by atoms with E-state index in [2.05, 4.69) is 10.1 Å². The van der Waals surface area contributed by atoms with Crippen LogP contribution in [0.2, 0.25) is 5.02 Å². The number of benzene rings is 2. The van der Waals surface area contributed by atoms with Gasteiger partial charge in [-0.05, 0) is 61.1 Å². The topological polar surface area (TPSA) is 21.3 Å². The van der Waals surface area contributed by atoms with Crippen LogP contribution in [0.15, 0.2) is 42.5 Å². The molecule has 2 aliphatic rings. The quantitative estimate of drug-likeness (QED) is 0.660. The van der Waals surface area contributed by atoms with Gasteiger partial charge in [-0.3, -0.25) is 0 Å². The summed E-state index contributed by atoms with van der Waals surface area (Å²) in [6, 6.07) is 11.0. The first-order valence-corrected chi connectivity index (χ1v) is 8.72. The highest BCUT2D eigenvalue weighted by molar-refractivity contribution is 6.31. The van der Waals surface area contributed by atoms with Gasteiger partial charge in [0, 0.05) is 17.1 Å². The van der Waals surface area contributed by atoms with E-state index in [1.165, 1.54) is 18.2 Å². The molecule has 1 N–H and O–H groups in total. The minimum absolute atomic E-state index is 0.0122. The molecule has 2 aromatic rings. The van der Waals surface area contributed by atoms with Crippen LogP contribution in [0.3, 0.4) is 0 Å². The Morgan fingerprint density at radius 1 is 1.12 bits per heavy atom. The number of ether oxygens (including phenoxy) is 1. The Bertz CT molecular complexity index is 823. The molecule has 2 aromatic carbocycles. The summed E-state index contributed by atoms with van der Waals surface area (Å²) in [6.07, 6.45) is -1.79. The lowest BCUT2D eigenvalue weighted by Crippen LogP contribution is -2.19. The van der Waals surface area contributed by atoms with E-state index in [-0.39, 0.29) is 22.2 Å². The van der Waals surface area contributed by atoms with Crippen molar-refractivity contribution in [2.24, 2.45) is 5.92 Å². The van der Waals surface area contributed by atoms with Crippen LogP contribution in [0.4, 0.5) is 23.2 Å². The van der Waals surface area contributed by atoms with E-state index in [0.717, 1.165) is 30.5 Å². The minimum atomic E-state index is -4.68. The molecule has 0 aromatic heterocycles. The van der Waals surface area contributed by atoms with E-state index in [1.54, 1.807) is 24.3 Å². The standard InChI is InChI=1S/C19H16ClF4NO/c20-15-9-12(3-6-16(15)21)25-17-7-8-18(10-14(17)18)11-1-4-13(5-2-11)26-19(22,23)24/h1-6,9,14,17,25H,7-8,10H2. The maximum Gasteiger partial charge on any atom is 0.573 e. The van der Waals surface area contributed by atoms with Gasteiger partial charge in [-0.25, -0.2) is 4.39 Å². The van der Waals surface area contributed by atoms with Gasteiger partial charge in [-0.1, -0.05) is 23.7 Å². The van der Waals surface area contributed by atoms with Crippen LogP contribution in [0.1, 0.15) is 24.8 Å². The first-order valence-electron chi connectivity index (χ1n) is 8.35. The van der Waals surface area contributed by atoms with Gasteiger partial charge < -0.3 is 10.1 Å². The second kappa shape index (κ2) is 6.05. The SMILES string of the molecule is Fc1ccc(NC2CCC3(c4ccc(OC(F)(F)F)cc4)CC23)cc1Cl. The fraction of sp³-hybridized carbons (Fsp3) is 0.368. The van der Waals surface area contributed by atoms with Crippen molar-refractivity contribution in [3.63, 3.8) is 0 Å². The van der Waals surface area contributed by atoms with E-state index in [1.807, 2.05) is 0 Å². The molecule has 26 heavy (non-hydrogen) atoms. The van der Waals surface area contributed by atoms with Crippen LogP contribution < -0.4 is 10.1 Å². The highest BCUT2D eigenvalue weighted by Crippen LogP contribution is 2.64. The van der Waals surface area contributed by atoms with Gasteiger partial charge in [-0.2, -0.15) is 0 Å². The monoisotopic (exact) mass is 385 g/mol. The largest absolute Gasteiger partial charge is 0.573 e. The Balaban J connectivity index is 1.45. The van der Waals surface area contributed by atoms with Gasteiger partial charge in [0.2, 0.25) is 0 Å². The second-order valence-corrected chi connectivity index (χ2v) is 7.36. The lowest BCUT2D eigenvalue weighted by Gasteiger charge is -2.16. The highest BCUT2D eigenvalue weighted by atomic mass is 35.5. The number of anilines is 1. The van der Waals surface area contributed by atoms with Crippen LogP contribution in [0.5, 0.6) is 5.75 Å². The van der Waals surface area contributed by atoms with E-state index in [0.29, 0.717) is 5.92 Å². The summed E-state index contributed by atoms with van der Waals surface area (Å²) in [5, 5.41) is 3.49. The van der Waals surface area contributed by atoms with Gasteiger partial charge in [0.05, 0.1) is 5.02 Å². The molecule has 0 bridgehead atoms. The van der Waals surface area contributed by atoms with Gasteiger partial charge in [0.25, 0.3) is 0 Å². The minimum Gasteiger partial charge on any atom is -0.406 e. The molecule has 7 heteroatoms. The van der Waals surface area contributed by atoms with Gasteiger partial charge >= 0.3 is 6.36 Å². The Morgan fingerprint density at radius 3 is 2.46 bits per heavy atom. The lowest BCUT2D eigenvalue weighted by atomic mass is 9.93. The van der Waals surface area contributed by atoms with E-state index in [4.69, 9.17) is 11.6 Å². The lowest BCUT2D eigenvalue weighted by molar-refractivity contribution is -0.274. The fourth-order valence-corrected chi connectivity index (χ4v) is 4.38. The van der Waals surface area contributed by atoms with E-state index < -0.39 is 12.2 Å². The Labute approximate surface area is 153 Å². The molecule has 0 radical (unpaired) electrons. The van der Waals surface area contributed by atoms with Gasteiger partial charge in [-0.15, -0.1) is 13.2 Å². The van der Waals surface area contributed by atoms with Crippen molar-refractivity contribution in [1.82, 2.24) is 0 Å². The summed E-state index contributed by atoms with van der Waals surface area (Å²) in [4.78, 5) is 0. The van der Waals surface area contributed by atoms with Crippen LogP contribution in [0.25, 0.3) is 0 Å². The molecule has 2 nitrogen and oxygen atoms in total. The third kappa shape index (κ3) is 3.22. The summed E-state index contributed by atoms with van der Waals surface area (Å²) >= 11 is 5.82.